The number of nitrogens with one attached hydrogen (secondary N) is 1. The Morgan fingerprint density at radius 2 is 1.79 bits per heavy atom. The molecular weight excluding hydrogens is 263 g/mol. The summed E-state index contributed by atoms with van der Waals surface area (Å²) in [6.45, 7) is 0. The molecule has 0 saturated heterocycles. The Morgan fingerprint density at radius 3 is 2.42 bits per heavy atom. The average molecular weight is 271 g/mol. The fraction of sp³-hybridized carbons (Fsp3) is 0.0909. The van der Waals surface area contributed by atoms with Crippen LogP contribution in [0.5, 0.6) is 0 Å². The topological polar surface area (TPSA) is 80.9 Å². The molecule has 0 bridgehead atoms. The first-order valence-corrected chi connectivity index (χ1v) is 5.09. The number of nitrogens with two attached hydrogens (primary N) is 1. The summed E-state index contributed by atoms with van der Waals surface area (Å²) in [5.74, 6) is 0. The summed E-state index contributed by atoms with van der Waals surface area (Å²) in [6, 6.07) is 4.50. The van der Waals surface area contributed by atoms with Gasteiger partial charge in [-0.2, -0.15) is 13.2 Å². The van der Waals surface area contributed by atoms with Gasteiger partial charge in [0.05, 0.1) is 11.3 Å². The summed E-state index contributed by atoms with van der Waals surface area (Å²) in [7, 11) is 0. The Balaban J connectivity index is 2.77. The Hall–Kier alpha value is -2.51. The van der Waals surface area contributed by atoms with Crippen molar-refractivity contribution in [2.45, 2.75) is 6.18 Å². The fourth-order valence-electron chi connectivity index (χ4n) is 1.59. The van der Waals surface area contributed by atoms with Crippen LogP contribution in [0.4, 0.5) is 18.9 Å². The normalized spacial score (nSPS) is 11.5. The Kier molecular flexibility index (Phi) is 2.93. The molecule has 2 rings (SSSR count). The van der Waals surface area contributed by atoms with E-state index in [4.69, 9.17) is 5.73 Å². The number of rotatable bonds is 1. The molecule has 0 aliphatic rings. The minimum absolute atomic E-state index is 0.350. The summed E-state index contributed by atoms with van der Waals surface area (Å²) < 4.78 is 39.1. The van der Waals surface area contributed by atoms with Crippen LogP contribution in [-0.2, 0) is 6.18 Å². The van der Waals surface area contributed by atoms with Gasteiger partial charge in [0.25, 0.3) is 5.56 Å². The van der Waals surface area contributed by atoms with E-state index < -0.39 is 28.7 Å². The number of para-hydroxylation sites is 1. The van der Waals surface area contributed by atoms with E-state index in [1.165, 1.54) is 12.1 Å². The summed E-state index contributed by atoms with van der Waals surface area (Å²) in [5, 5.41) is 0. The molecule has 0 spiro atoms. The van der Waals surface area contributed by atoms with Crippen LogP contribution in [0.3, 0.4) is 0 Å². The second-order valence-electron chi connectivity index (χ2n) is 3.73. The van der Waals surface area contributed by atoms with E-state index in [1.54, 1.807) is 0 Å². The number of aromatic amines is 1. The molecule has 0 aliphatic heterocycles. The summed E-state index contributed by atoms with van der Waals surface area (Å²) in [5.41, 5.74) is 1.72. The first kappa shape index (κ1) is 12.9. The van der Waals surface area contributed by atoms with Crippen molar-refractivity contribution in [1.29, 1.82) is 0 Å². The molecule has 0 unspecified atom stereocenters. The van der Waals surface area contributed by atoms with Gasteiger partial charge in [-0.3, -0.25) is 14.3 Å². The molecule has 1 aromatic carbocycles. The summed E-state index contributed by atoms with van der Waals surface area (Å²) in [4.78, 5) is 24.5. The van der Waals surface area contributed by atoms with Crippen LogP contribution < -0.4 is 17.0 Å². The van der Waals surface area contributed by atoms with E-state index in [2.05, 4.69) is 0 Å². The van der Waals surface area contributed by atoms with Gasteiger partial charge in [-0.05, 0) is 12.1 Å². The largest absolute Gasteiger partial charge is 0.418 e. The third-order valence-corrected chi connectivity index (χ3v) is 2.44. The Bertz CT molecular complexity index is 731. The lowest BCUT2D eigenvalue weighted by atomic mass is 10.1. The number of benzene rings is 1. The number of nitrogens with zero attached hydrogens (tertiary/aromatic N) is 1. The molecule has 8 heteroatoms. The molecule has 100 valence electrons. The standard InChI is InChI=1S/C11H8F3N3O2/c12-11(13,14)6-3-1-2-4-8(6)17-5-7(15)9(18)16-10(17)19/h1-5H,15H2,(H,16,18,19). The second-order valence-corrected chi connectivity index (χ2v) is 3.73. The van der Waals surface area contributed by atoms with Gasteiger partial charge in [0, 0.05) is 6.20 Å². The number of anilines is 1. The zero-order valence-corrected chi connectivity index (χ0v) is 9.36. The molecule has 0 atom stereocenters. The zero-order valence-electron chi connectivity index (χ0n) is 9.36. The first-order chi connectivity index (χ1) is 8.80. The predicted octanol–water partition coefficient (Wildman–Crippen LogP) is 1.13. The van der Waals surface area contributed by atoms with Crippen LogP contribution in [0.25, 0.3) is 5.69 Å². The molecule has 1 heterocycles. The van der Waals surface area contributed by atoms with Crippen LogP contribution in [0.15, 0.2) is 40.1 Å². The molecular formula is C11H8F3N3O2. The molecule has 1 aromatic heterocycles. The number of hydrogen-bond donors (Lipinski definition) is 2. The Labute approximate surface area is 104 Å². The molecule has 0 aliphatic carbocycles. The zero-order chi connectivity index (χ0) is 14.2. The van der Waals surface area contributed by atoms with Crippen LogP contribution >= 0.6 is 0 Å². The maximum Gasteiger partial charge on any atom is 0.418 e. The molecule has 5 nitrogen and oxygen atoms in total. The number of halogens is 3. The van der Waals surface area contributed by atoms with Crippen LogP contribution in [0.2, 0.25) is 0 Å². The monoisotopic (exact) mass is 271 g/mol. The average Bonchev–Trinajstić information content (AvgIpc) is 2.33. The maximum atomic E-state index is 12.8. The Morgan fingerprint density at radius 1 is 1.16 bits per heavy atom. The lowest BCUT2D eigenvalue weighted by Crippen LogP contribution is -2.31. The minimum Gasteiger partial charge on any atom is -0.393 e. The van der Waals surface area contributed by atoms with Crippen molar-refractivity contribution >= 4 is 5.69 Å². The molecule has 19 heavy (non-hydrogen) atoms. The third-order valence-electron chi connectivity index (χ3n) is 2.44. The number of H-pyrrole nitrogens is 1. The van der Waals surface area contributed by atoms with Gasteiger partial charge in [-0.15, -0.1) is 0 Å². The van der Waals surface area contributed by atoms with Gasteiger partial charge in [0.15, 0.2) is 0 Å². The molecule has 2 aromatic rings. The van der Waals surface area contributed by atoms with E-state index >= 15 is 0 Å². The molecule has 0 fully saturated rings. The van der Waals surface area contributed by atoms with Gasteiger partial charge < -0.3 is 5.73 Å². The number of alkyl halides is 3. The van der Waals surface area contributed by atoms with Crippen molar-refractivity contribution in [3.8, 4) is 5.69 Å². The quantitative estimate of drug-likeness (QED) is 0.815. The van der Waals surface area contributed by atoms with Gasteiger partial charge in [-0.1, -0.05) is 12.1 Å². The lowest BCUT2D eigenvalue weighted by molar-refractivity contribution is -0.137. The van der Waals surface area contributed by atoms with Gasteiger partial charge in [0.2, 0.25) is 0 Å². The van der Waals surface area contributed by atoms with Gasteiger partial charge in [0.1, 0.15) is 5.69 Å². The summed E-state index contributed by atoms with van der Waals surface area (Å²) in [6.07, 6.45) is -3.76. The van der Waals surface area contributed by atoms with Gasteiger partial charge >= 0.3 is 11.9 Å². The van der Waals surface area contributed by atoms with E-state index in [1.807, 2.05) is 4.98 Å². The van der Waals surface area contributed by atoms with Crippen molar-refractivity contribution in [2.75, 3.05) is 5.73 Å². The maximum absolute atomic E-state index is 12.8. The molecule has 0 radical (unpaired) electrons. The van der Waals surface area contributed by atoms with Crippen molar-refractivity contribution in [1.82, 2.24) is 9.55 Å². The van der Waals surface area contributed by atoms with Crippen LogP contribution in [0.1, 0.15) is 5.56 Å². The SMILES string of the molecule is Nc1cn(-c2ccccc2C(F)(F)F)c(=O)[nH]c1=O. The highest BCUT2D eigenvalue weighted by atomic mass is 19.4. The second kappa shape index (κ2) is 4.30. The highest BCUT2D eigenvalue weighted by molar-refractivity contribution is 5.45. The van der Waals surface area contributed by atoms with Gasteiger partial charge in [-0.25, -0.2) is 4.79 Å². The van der Waals surface area contributed by atoms with Crippen molar-refractivity contribution in [3.05, 3.63) is 56.9 Å². The van der Waals surface area contributed by atoms with Crippen LogP contribution in [0, 0.1) is 0 Å². The smallest absolute Gasteiger partial charge is 0.393 e. The predicted molar refractivity (Wildman–Crippen MR) is 62.1 cm³/mol. The molecule has 3 N–H and O–H groups in total. The lowest BCUT2D eigenvalue weighted by Gasteiger charge is -2.13. The number of hydrogen-bond acceptors (Lipinski definition) is 3. The van der Waals surface area contributed by atoms with E-state index in [0.717, 1.165) is 18.3 Å². The van der Waals surface area contributed by atoms with Crippen molar-refractivity contribution in [2.24, 2.45) is 0 Å². The van der Waals surface area contributed by atoms with Crippen molar-refractivity contribution < 1.29 is 13.2 Å². The molecule has 0 saturated carbocycles. The van der Waals surface area contributed by atoms with Crippen LogP contribution in [-0.4, -0.2) is 9.55 Å². The van der Waals surface area contributed by atoms with E-state index in [9.17, 15) is 22.8 Å². The molecule has 0 amide bonds. The summed E-state index contributed by atoms with van der Waals surface area (Å²) >= 11 is 0. The highest BCUT2D eigenvalue weighted by Crippen LogP contribution is 2.33. The van der Waals surface area contributed by atoms with E-state index in [0.29, 0.717) is 4.57 Å². The number of aromatic nitrogens is 2. The first-order valence-electron chi connectivity index (χ1n) is 5.09. The van der Waals surface area contributed by atoms with E-state index in [-0.39, 0.29) is 5.69 Å². The minimum atomic E-state index is -4.62. The number of nitrogen functional groups attached to an aromatic ring is 1. The third kappa shape index (κ3) is 2.37. The fourth-order valence-corrected chi connectivity index (χ4v) is 1.59. The van der Waals surface area contributed by atoms with Crippen molar-refractivity contribution in [3.63, 3.8) is 0 Å². The highest BCUT2D eigenvalue weighted by Gasteiger charge is 2.33.